The van der Waals surface area contributed by atoms with Crippen LogP contribution in [0, 0.1) is 22.7 Å². The van der Waals surface area contributed by atoms with Crippen LogP contribution in [0.25, 0.3) is 0 Å². The number of nitriles is 2. The van der Waals surface area contributed by atoms with Crippen LogP contribution in [-0.2, 0) is 58.5 Å². The van der Waals surface area contributed by atoms with E-state index >= 15 is 0 Å². The van der Waals surface area contributed by atoms with E-state index in [2.05, 4.69) is 41.2 Å². The number of nitrogens with zero attached hydrogens (tertiary/aromatic N) is 10. The Morgan fingerprint density at radius 3 is 0.709 bits per heavy atom. The van der Waals surface area contributed by atoms with E-state index in [-0.39, 0.29) is 173 Å². The quantitative estimate of drug-likeness (QED) is 0.0287. The number of benzene rings is 4. The zero-order chi connectivity index (χ0) is 99.4. The van der Waals surface area contributed by atoms with Crippen LogP contribution in [0.5, 0.6) is 46.5 Å². The third-order valence-electron chi connectivity index (χ3n) is 19.5. The third-order valence-corrected chi connectivity index (χ3v) is 23.8. The Balaban J connectivity index is 0.000000201. The van der Waals surface area contributed by atoms with Crippen LogP contribution in [0.2, 0.25) is 10.0 Å². The highest BCUT2D eigenvalue weighted by Crippen LogP contribution is 2.46. The Morgan fingerprint density at radius 1 is 0.328 bits per heavy atom. The predicted octanol–water partition coefficient (Wildman–Crippen LogP) is 8.37. The third kappa shape index (κ3) is 23.4. The second-order valence-corrected chi connectivity index (χ2v) is 39.1. The highest BCUT2D eigenvalue weighted by Gasteiger charge is 2.51. The molecule has 8 heterocycles. The average molecular weight is 1960 g/mol. The monoisotopic (exact) mass is 1960 g/mol. The van der Waals surface area contributed by atoms with Gasteiger partial charge < -0.3 is 59.2 Å². The van der Waals surface area contributed by atoms with Crippen LogP contribution >= 0.6 is 23.2 Å². The molecule has 4 atom stereocenters. The van der Waals surface area contributed by atoms with Crippen LogP contribution in [0.15, 0.2) is 97.1 Å². The summed E-state index contributed by atoms with van der Waals surface area (Å²) in [6.45, 7) is 12.9. The summed E-state index contributed by atoms with van der Waals surface area (Å²) in [7, 11) is -9.16. The van der Waals surface area contributed by atoms with E-state index < -0.39 is 157 Å². The van der Waals surface area contributed by atoms with Crippen molar-refractivity contribution in [1.29, 1.82) is 10.5 Å². The van der Waals surface area contributed by atoms with Crippen LogP contribution in [0.3, 0.4) is 0 Å². The van der Waals surface area contributed by atoms with Crippen molar-refractivity contribution < 1.29 is 129 Å². The topological polar surface area (TPSA) is 575 Å². The molecule has 0 aliphatic carbocycles. The lowest BCUT2D eigenvalue weighted by atomic mass is 10.0. The average Bonchev–Trinajstić information content (AvgIpc) is 1.60. The number of ether oxygens (including phenoxy) is 8. The fourth-order valence-electron chi connectivity index (χ4n) is 14.3. The molecule has 4 aromatic heterocycles. The molecule has 0 spiro atoms. The lowest BCUT2D eigenvalue weighted by molar-refractivity contribution is -0.115. The zero-order valence-corrected chi connectivity index (χ0v) is 79.3. The van der Waals surface area contributed by atoms with Crippen molar-refractivity contribution in [1.82, 2.24) is 39.5 Å². The van der Waals surface area contributed by atoms with Crippen LogP contribution in [0.4, 0.5) is 22.7 Å². The maximum absolute atomic E-state index is 13.5. The van der Waals surface area contributed by atoms with Gasteiger partial charge in [0, 0.05) is 52.7 Å². The second kappa shape index (κ2) is 42.9. The van der Waals surface area contributed by atoms with Crippen molar-refractivity contribution >= 4 is 156 Å². The van der Waals surface area contributed by atoms with Crippen molar-refractivity contribution in [2.24, 2.45) is 0 Å². The molecule has 134 heavy (non-hydrogen) atoms. The molecule has 4 N–H and O–H groups in total. The molecular weight excluding hydrogens is 1880 g/mol. The van der Waals surface area contributed by atoms with E-state index in [0.29, 0.717) is 11.5 Å². The maximum Gasteiger partial charge on any atom is 0.264 e. The number of aromatic nitrogens is 4. The normalized spacial score (nSPS) is 14.0. The van der Waals surface area contributed by atoms with E-state index in [1.165, 1.54) is 153 Å². The van der Waals surface area contributed by atoms with E-state index in [1.807, 2.05) is 12.1 Å². The fraction of sp³-hybridized carbons (Fsp3) is 0.326. The molecule has 42 nitrogen and oxygen atoms in total. The van der Waals surface area contributed by atoms with Gasteiger partial charge in [-0.15, -0.1) is 0 Å². The molecule has 8 aromatic rings. The molecule has 708 valence electrons. The number of hydrogen-bond acceptors (Lipinski definition) is 34. The van der Waals surface area contributed by atoms with Crippen molar-refractivity contribution in [2.45, 2.75) is 79.6 Å². The molecule has 12 rings (SSSR count). The van der Waals surface area contributed by atoms with E-state index in [9.17, 15) is 102 Å². The Hall–Kier alpha value is -14.3. The minimum atomic E-state index is -3.72. The van der Waals surface area contributed by atoms with E-state index in [0.717, 1.165) is 44.6 Å². The summed E-state index contributed by atoms with van der Waals surface area (Å²) in [6.07, 6.45) is 3.91. The van der Waals surface area contributed by atoms with Crippen LogP contribution < -0.4 is 59.2 Å². The lowest BCUT2D eigenvalue weighted by Crippen LogP contribution is -2.38. The number of carbonyl (C=O) groups is 12. The molecule has 1 unspecified atom stereocenters. The molecule has 0 fully saturated rings. The predicted molar refractivity (Wildman–Crippen MR) is 482 cm³/mol. The second-order valence-electron chi connectivity index (χ2n) is 29.5. The first-order valence-corrected chi connectivity index (χ1v) is 48.8. The number of imide groups is 4. The van der Waals surface area contributed by atoms with Crippen molar-refractivity contribution in [3.63, 3.8) is 0 Å². The first-order chi connectivity index (χ1) is 63.0. The molecule has 4 aromatic carbocycles. The van der Waals surface area contributed by atoms with E-state index in [4.69, 9.17) is 61.1 Å². The Kier molecular flexibility index (Phi) is 33.1. The SMILES string of the molecule is CCOc1nc(C(CS(C)(=O)=O)N2C(=O)c3c(C#N)ccc(NC(C)=O)c3C2=O)ccc1OC.CCOc1nc([C@@H](CS(C)(=O)=O)N2C(=O)c3c(C#N)ccc(NC(C)=O)c3C2=O)ccc1OC.CCOc1nc([C@@H](CS(C)(=O)=O)N2C(=O)c3c(Cl)ccc(NC(C)=O)c3C2=O)ccc1OC.CCOc1nc([C@H](CS(C)(=O)=O)N2C(=O)c3c(Cl)ccc(NC(C)=O)c3C2=O)ccc1OC. The highest BCUT2D eigenvalue weighted by atomic mass is 35.5. The number of anilines is 4. The van der Waals surface area contributed by atoms with Gasteiger partial charge in [-0.1, -0.05) is 23.2 Å². The van der Waals surface area contributed by atoms with E-state index in [1.54, 1.807) is 27.7 Å². The number of nitrogens with one attached hydrogen (secondary N) is 4. The number of carbonyl (C=O) groups excluding carboxylic acids is 12. The molecule has 0 radical (unpaired) electrons. The van der Waals surface area contributed by atoms with Gasteiger partial charge in [0.2, 0.25) is 23.6 Å². The van der Waals surface area contributed by atoms with Gasteiger partial charge in [0.1, 0.15) is 39.3 Å². The molecule has 0 saturated heterocycles. The van der Waals surface area contributed by atoms with Crippen molar-refractivity contribution in [3.8, 4) is 58.7 Å². The molecule has 0 bridgehead atoms. The van der Waals surface area contributed by atoms with Gasteiger partial charge in [-0.3, -0.25) is 77.1 Å². The molecular formula is C86H88Cl2N14O28S4. The molecule has 48 heteroatoms. The van der Waals surface area contributed by atoms with Gasteiger partial charge in [0.25, 0.3) is 70.8 Å². The minimum Gasteiger partial charge on any atom is -0.491 e. The maximum atomic E-state index is 13.5. The van der Waals surface area contributed by atoms with Gasteiger partial charge in [-0.2, -0.15) is 10.5 Å². The summed E-state index contributed by atoms with van der Waals surface area (Å²) in [6, 6.07) is 21.2. The highest BCUT2D eigenvalue weighted by molar-refractivity contribution is 7.91. The van der Waals surface area contributed by atoms with Crippen molar-refractivity contribution in [3.05, 3.63) is 186 Å². The Bertz CT molecular complexity index is 6350. The lowest BCUT2D eigenvalue weighted by Gasteiger charge is -2.26. The van der Waals surface area contributed by atoms with Gasteiger partial charge in [0.05, 0.1) is 225 Å². The Morgan fingerprint density at radius 2 is 0.522 bits per heavy atom. The van der Waals surface area contributed by atoms with Gasteiger partial charge >= 0.3 is 0 Å². The Labute approximate surface area is 778 Å². The molecule has 0 saturated carbocycles. The first kappa shape index (κ1) is 103. The smallest absolute Gasteiger partial charge is 0.264 e. The van der Waals surface area contributed by atoms with Gasteiger partial charge in [-0.25, -0.2) is 53.6 Å². The number of methoxy groups -OCH3 is 4. The number of pyridine rings is 4. The summed E-state index contributed by atoms with van der Waals surface area (Å²) in [4.78, 5) is 174. The van der Waals surface area contributed by atoms with Crippen molar-refractivity contribution in [2.75, 3.05) is 124 Å². The number of fused-ring (bicyclic) bond motifs is 4. The number of amides is 12. The zero-order valence-electron chi connectivity index (χ0n) is 74.5. The summed E-state index contributed by atoms with van der Waals surface area (Å²) in [5.74, 6) is -9.47. The molecule has 12 amide bonds. The van der Waals surface area contributed by atoms with Gasteiger partial charge in [0.15, 0.2) is 23.0 Å². The summed E-state index contributed by atoms with van der Waals surface area (Å²) in [5, 5.41) is 29.0. The largest absolute Gasteiger partial charge is 0.491 e. The fourth-order valence-corrected chi connectivity index (χ4v) is 18.4. The molecule has 4 aliphatic heterocycles. The summed E-state index contributed by atoms with van der Waals surface area (Å²) < 4.78 is 141. The number of sulfone groups is 4. The van der Waals surface area contributed by atoms with Crippen LogP contribution in [-0.4, -0.2) is 247 Å². The summed E-state index contributed by atoms with van der Waals surface area (Å²) >= 11 is 12.4. The standard InChI is InChI=1S/2C22H22N4O7S.2C21H22ClN3O7S/c2*1-5-33-20-17(32-3)9-8-14(25-20)16(11-34(4,30)31)26-21(28)18-13(10-23)6-7-15(24-12(2)27)19(18)22(26)29;2*1-5-32-19-16(31-3)9-8-13(24-19)15(10-33(4,29)30)25-20(27)17-12(22)6-7-14(23-11(2)26)18(17)21(25)28/h2*6-9,16H,5,11H2,1-4H3,(H,24,27);2*6-9,15H,5,10H2,1-4H3,(H,23,26)/t16-;;2*15-/m1.10/s1. The number of hydrogen-bond donors (Lipinski definition) is 4. The first-order valence-electron chi connectivity index (χ1n) is 39.8. The number of rotatable bonds is 32. The summed E-state index contributed by atoms with van der Waals surface area (Å²) in [5.41, 5.74) is -0.788. The molecule has 4 aliphatic rings. The minimum absolute atomic E-state index is 0.00393. The van der Waals surface area contributed by atoms with Gasteiger partial charge in [-0.05, 0) is 125 Å². The van der Waals surface area contributed by atoms with Crippen LogP contribution in [0.1, 0.15) is 196 Å². The number of halogens is 2.